The molecule has 0 atom stereocenters. The van der Waals surface area contributed by atoms with Crippen LogP contribution in [0.15, 0.2) is 51.8 Å². The van der Waals surface area contributed by atoms with E-state index in [4.69, 9.17) is 27.6 Å². The number of rotatable bonds is 5. The van der Waals surface area contributed by atoms with Crippen LogP contribution in [-0.2, 0) is 14.8 Å². The number of piperidine rings is 1. The molecule has 0 radical (unpaired) electrons. The number of sulfonamides is 1. The standard InChI is InChI=1S/C21H20Cl2N4O4S/c1-13-2-4-18(5-3-13)32(29,30)27-8-6-14(7-9-27)19(28)24-21-26-25-20(31-21)15-10-16(22)12-17(23)11-15/h2-5,10-12,14H,6-9H2,1H3,(H,24,26,28). The summed E-state index contributed by atoms with van der Waals surface area (Å²) in [6, 6.07) is 11.5. The molecular weight excluding hydrogens is 475 g/mol. The first kappa shape index (κ1) is 22.7. The number of aromatic nitrogens is 2. The van der Waals surface area contributed by atoms with Crippen LogP contribution in [0.2, 0.25) is 10.0 Å². The second-order valence-corrected chi connectivity index (χ2v) is 10.4. The minimum atomic E-state index is -3.58. The number of hydrogen-bond acceptors (Lipinski definition) is 6. The molecule has 0 unspecified atom stereocenters. The first-order valence-electron chi connectivity index (χ1n) is 9.90. The van der Waals surface area contributed by atoms with Crippen molar-refractivity contribution in [3.05, 3.63) is 58.1 Å². The Morgan fingerprint density at radius 3 is 2.31 bits per heavy atom. The molecule has 1 amide bonds. The molecule has 0 bridgehead atoms. The predicted octanol–water partition coefficient (Wildman–Crippen LogP) is 4.39. The summed E-state index contributed by atoms with van der Waals surface area (Å²) < 4.78 is 32.6. The summed E-state index contributed by atoms with van der Waals surface area (Å²) in [4.78, 5) is 12.9. The van der Waals surface area contributed by atoms with Gasteiger partial charge in [-0.2, -0.15) is 4.31 Å². The Balaban J connectivity index is 1.37. The first-order valence-corrected chi connectivity index (χ1v) is 12.1. The molecule has 3 aromatic rings. The zero-order valence-corrected chi connectivity index (χ0v) is 19.4. The Morgan fingerprint density at radius 2 is 1.69 bits per heavy atom. The number of carbonyl (C=O) groups is 1. The smallest absolute Gasteiger partial charge is 0.322 e. The Kier molecular flexibility index (Phi) is 6.52. The Bertz CT molecular complexity index is 1220. The fourth-order valence-electron chi connectivity index (χ4n) is 3.49. The highest BCUT2D eigenvalue weighted by Crippen LogP contribution is 2.28. The molecule has 1 aliphatic heterocycles. The summed E-state index contributed by atoms with van der Waals surface area (Å²) in [6.45, 7) is 2.41. The molecule has 168 valence electrons. The lowest BCUT2D eigenvalue weighted by atomic mass is 9.97. The van der Waals surface area contributed by atoms with E-state index in [-0.39, 0.29) is 41.7 Å². The molecular formula is C21H20Cl2N4O4S. The number of anilines is 1. The van der Waals surface area contributed by atoms with Gasteiger partial charge in [0.1, 0.15) is 0 Å². The molecule has 0 spiro atoms. The molecule has 1 saturated heterocycles. The van der Waals surface area contributed by atoms with E-state index >= 15 is 0 Å². The van der Waals surface area contributed by atoms with Gasteiger partial charge in [-0.1, -0.05) is 46.0 Å². The van der Waals surface area contributed by atoms with E-state index in [1.165, 1.54) is 4.31 Å². The quantitative estimate of drug-likeness (QED) is 0.563. The second kappa shape index (κ2) is 9.19. The van der Waals surface area contributed by atoms with Crippen molar-refractivity contribution in [3.8, 4) is 11.5 Å². The summed E-state index contributed by atoms with van der Waals surface area (Å²) in [5.41, 5.74) is 1.52. The van der Waals surface area contributed by atoms with Gasteiger partial charge < -0.3 is 4.42 Å². The number of aryl methyl sites for hydroxylation is 1. The van der Waals surface area contributed by atoms with Gasteiger partial charge in [-0.25, -0.2) is 8.42 Å². The maximum atomic E-state index is 12.8. The highest BCUT2D eigenvalue weighted by atomic mass is 35.5. The van der Waals surface area contributed by atoms with Crippen molar-refractivity contribution in [1.82, 2.24) is 14.5 Å². The molecule has 0 aliphatic carbocycles. The van der Waals surface area contributed by atoms with Gasteiger partial charge in [0.2, 0.25) is 21.8 Å². The van der Waals surface area contributed by atoms with Crippen molar-refractivity contribution in [2.75, 3.05) is 18.4 Å². The lowest BCUT2D eigenvalue weighted by molar-refractivity contribution is -0.121. The topological polar surface area (TPSA) is 105 Å². The molecule has 1 aromatic heterocycles. The monoisotopic (exact) mass is 494 g/mol. The minimum absolute atomic E-state index is 0.0456. The Morgan fingerprint density at radius 1 is 1.06 bits per heavy atom. The second-order valence-electron chi connectivity index (χ2n) is 7.55. The zero-order chi connectivity index (χ0) is 22.9. The lowest BCUT2D eigenvalue weighted by Crippen LogP contribution is -2.41. The molecule has 11 heteroatoms. The number of hydrogen-bond donors (Lipinski definition) is 1. The number of benzene rings is 2. The van der Waals surface area contributed by atoms with Crippen LogP contribution in [0, 0.1) is 12.8 Å². The van der Waals surface area contributed by atoms with Gasteiger partial charge in [0, 0.05) is 34.6 Å². The van der Waals surface area contributed by atoms with Crippen LogP contribution in [0.25, 0.3) is 11.5 Å². The molecule has 32 heavy (non-hydrogen) atoms. The van der Waals surface area contributed by atoms with E-state index in [9.17, 15) is 13.2 Å². The van der Waals surface area contributed by atoms with E-state index in [0.29, 0.717) is 28.5 Å². The summed E-state index contributed by atoms with van der Waals surface area (Å²) in [6.07, 6.45) is 0.781. The molecule has 2 aromatic carbocycles. The van der Waals surface area contributed by atoms with Crippen molar-refractivity contribution in [1.29, 1.82) is 0 Å². The number of nitrogens with zero attached hydrogens (tertiary/aromatic N) is 3. The van der Waals surface area contributed by atoms with E-state index in [1.807, 2.05) is 6.92 Å². The summed E-state index contributed by atoms with van der Waals surface area (Å²) in [5, 5.41) is 11.2. The number of carbonyl (C=O) groups excluding carboxylic acids is 1. The van der Waals surface area contributed by atoms with Gasteiger partial charge in [0.05, 0.1) is 4.90 Å². The van der Waals surface area contributed by atoms with Crippen molar-refractivity contribution in [3.63, 3.8) is 0 Å². The molecule has 1 aliphatic rings. The summed E-state index contributed by atoms with van der Waals surface area (Å²) >= 11 is 12.0. The van der Waals surface area contributed by atoms with Gasteiger partial charge in [-0.15, -0.1) is 5.10 Å². The van der Waals surface area contributed by atoms with Gasteiger partial charge in [0.25, 0.3) is 0 Å². The van der Waals surface area contributed by atoms with Crippen LogP contribution in [-0.4, -0.2) is 41.9 Å². The average molecular weight is 495 g/mol. The van der Waals surface area contributed by atoms with Crippen LogP contribution in [0.1, 0.15) is 18.4 Å². The predicted molar refractivity (Wildman–Crippen MR) is 121 cm³/mol. The Labute approximate surface area is 195 Å². The largest absolute Gasteiger partial charge is 0.403 e. The Hall–Kier alpha value is -2.46. The number of halogens is 2. The fourth-order valence-corrected chi connectivity index (χ4v) is 5.49. The minimum Gasteiger partial charge on any atom is -0.403 e. The lowest BCUT2D eigenvalue weighted by Gasteiger charge is -2.30. The zero-order valence-electron chi connectivity index (χ0n) is 17.1. The van der Waals surface area contributed by atoms with Crippen molar-refractivity contribution in [2.24, 2.45) is 5.92 Å². The van der Waals surface area contributed by atoms with E-state index in [2.05, 4.69) is 15.5 Å². The highest BCUT2D eigenvalue weighted by molar-refractivity contribution is 7.89. The van der Waals surface area contributed by atoms with Crippen LogP contribution >= 0.6 is 23.2 Å². The molecule has 4 rings (SSSR count). The van der Waals surface area contributed by atoms with Crippen LogP contribution in [0.3, 0.4) is 0 Å². The summed E-state index contributed by atoms with van der Waals surface area (Å²) in [5.74, 6) is -0.490. The third-order valence-electron chi connectivity index (χ3n) is 5.25. The van der Waals surface area contributed by atoms with Crippen LogP contribution in [0.5, 0.6) is 0 Å². The van der Waals surface area contributed by atoms with Crippen LogP contribution < -0.4 is 5.32 Å². The normalized spacial score (nSPS) is 15.6. The molecule has 1 N–H and O–H groups in total. The van der Waals surface area contributed by atoms with Crippen molar-refractivity contribution in [2.45, 2.75) is 24.7 Å². The first-order chi connectivity index (χ1) is 15.2. The third-order valence-corrected chi connectivity index (χ3v) is 7.60. The maximum absolute atomic E-state index is 12.8. The SMILES string of the molecule is Cc1ccc(S(=O)(=O)N2CCC(C(=O)Nc3nnc(-c4cc(Cl)cc(Cl)c4)o3)CC2)cc1. The summed E-state index contributed by atoms with van der Waals surface area (Å²) in [7, 11) is -3.58. The van der Waals surface area contributed by atoms with E-state index in [0.717, 1.165) is 5.56 Å². The molecule has 1 fully saturated rings. The van der Waals surface area contributed by atoms with Crippen molar-refractivity contribution >= 4 is 45.1 Å². The molecule has 0 saturated carbocycles. The van der Waals surface area contributed by atoms with Gasteiger partial charge in [-0.3, -0.25) is 10.1 Å². The number of amides is 1. The highest BCUT2D eigenvalue weighted by Gasteiger charge is 2.32. The number of nitrogens with one attached hydrogen (secondary N) is 1. The van der Waals surface area contributed by atoms with E-state index < -0.39 is 10.0 Å². The average Bonchev–Trinajstić information content (AvgIpc) is 3.22. The molecule has 8 nitrogen and oxygen atoms in total. The van der Waals surface area contributed by atoms with Gasteiger partial charge >= 0.3 is 6.01 Å². The van der Waals surface area contributed by atoms with Gasteiger partial charge in [0.15, 0.2) is 0 Å². The maximum Gasteiger partial charge on any atom is 0.322 e. The fraction of sp³-hybridized carbons (Fsp3) is 0.286. The van der Waals surface area contributed by atoms with Crippen LogP contribution in [0.4, 0.5) is 6.01 Å². The van der Waals surface area contributed by atoms with Crippen molar-refractivity contribution < 1.29 is 17.6 Å². The van der Waals surface area contributed by atoms with Gasteiger partial charge in [-0.05, 0) is 50.1 Å². The van der Waals surface area contributed by atoms with E-state index in [1.54, 1.807) is 42.5 Å². The third kappa shape index (κ3) is 4.96. The molecule has 2 heterocycles.